The number of rotatable bonds is 6. The maximum atomic E-state index is 13.5. The highest BCUT2D eigenvalue weighted by Gasteiger charge is 2.55. The molecule has 3 fully saturated rings. The molecule has 154 valence electrons. The van der Waals surface area contributed by atoms with E-state index in [4.69, 9.17) is 4.74 Å². The minimum atomic E-state index is -0.531. The van der Waals surface area contributed by atoms with E-state index in [1.807, 2.05) is 9.80 Å². The van der Waals surface area contributed by atoms with Crippen LogP contribution in [-0.2, 0) is 14.3 Å². The van der Waals surface area contributed by atoms with Gasteiger partial charge in [-0.25, -0.2) is 0 Å². The third-order valence-corrected chi connectivity index (χ3v) is 6.84. The van der Waals surface area contributed by atoms with Crippen LogP contribution in [-0.4, -0.2) is 53.1 Å². The van der Waals surface area contributed by atoms with Crippen LogP contribution in [0.15, 0.2) is 0 Å². The lowest BCUT2D eigenvalue weighted by atomic mass is 9.83. The maximum Gasteiger partial charge on any atom is 0.247 e. The van der Waals surface area contributed by atoms with Crippen LogP contribution in [0.2, 0.25) is 0 Å². The molecule has 1 saturated heterocycles. The average Bonchev–Trinajstić information content (AvgIpc) is 3.32. The molecule has 27 heavy (non-hydrogen) atoms. The minimum Gasteiger partial charge on any atom is -0.353 e. The van der Waals surface area contributed by atoms with Crippen molar-refractivity contribution in [3.05, 3.63) is 0 Å². The van der Waals surface area contributed by atoms with Gasteiger partial charge in [-0.15, -0.1) is 0 Å². The molecular formula is C22H38N2O3. The zero-order valence-electron chi connectivity index (χ0n) is 17.5. The zero-order chi connectivity index (χ0) is 19.4. The highest BCUT2D eigenvalue weighted by Crippen LogP contribution is 2.44. The van der Waals surface area contributed by atoms with Crippen molar-refractivity contribution in [2.75, 3.05) is 19.7 Å². The summed E-state index contributed by atoms with van der Waals surface area (Å²) < 4.78 is 6.32. The van der Waals surface area contributed by atoms with Gasteiger partial charge in [0.2, 0.25) is 11.8 Å². The topological polar surface area (TPSA) is 49.9 Å². The van der Waals surface area contributed by atoms with E-state index in [0.717, 1.165) is 77.3 Å². The number of hydrogen-bond donors (Lipinski definition) is 0. The molecule has 2 aliphatic carbocycles. The van der Waals surface area contributed by atoms with Gasteiger partial charge in [0.1, 0.15) is 11.8 Å². The van der Waals surface area contributed by atoms with E-state index in [9.17, 15) is 9.59 Å². The molecule has 0 N–H and O–H groups in total. The van der Waals surface area contributed by atoms with E-state index in [-0.39, 0.29) is 17.7 Å². The monoisotopic (exact) mass is 378 g/mol. The molecule has 0 bridgehead atoms. The van der Waals surface area contributed by atoms with Gasteiger partial charge in [0.25, 0.3) is 0 Å². The first-order valence-corrected chi connectivity index (χ1v) is 11.3. The molecule has 0 aromatic carbocycles. The van der Waals surface area contributed by atoms with Crippen molar-refractivity contribution in [1.82, 2.24) is 9.80 Å². The molecule has 1 heterocycles. The van der Waals surface area contributed by atoms with Crippen molar-refractivity contribution in [2.24, 2.45) is 11.8 Å². The second-order valence-electron chi connectivity index (χ2n) is 8.97. The summed E-state index contributed by atoms with van der Waals surface area (Å²) in [6.45, 7) is 8.38. The van der Waals surface area contributed by atoms with Gasteiger partial charge in [-0.1, -0.05) is 33.6 Å². The third-order valence-electron chi connectivity index (χ3n) is 6.84. The molecule has 3 rings (SSSR count). The zero-order valence-corrected chi connectivity index (χ0v) is 17.5. The average molecular weight is 379 g/mol. The summed E-state index contributed by atoms with van der Waals surface area (Å²) >= 11 is 0. The molecule has 0 aromatic rings. The lowest BCUT2D eigenvalue weighted by Crippen LogP contribution is -2.58. The number of carbonyl (C=O) groups excluding carboxylic acids is 2. The molecule has 5 heteroatoms. The fourth-order valence-corrected chi connectivity index (χ4v) is 5.25. The van der Waals surface area contributed by atoms with Crippen LogP contribution in [0.3, 0.4) is 0 Å². The van der Waals surface area contributed by atoms with E-state index < -0.39 is 11.8 Å². The van der Waals surface area contributed by atoms with Gasteiger partial charge >= 0.3 is 0 Å². The molecule has 0 aromatic heterocycles. The van der Waals surface area contributed by atoms with Gasteiger partial charge in [0, 0.05) is 19.0 Å². The summed E-state index contributed by atoms with van der Waals surface area (Å²) in [5, 5.41) is 0. The van der Waals surface area contributed by atoms with Crippen LogP contribution in [0.1, 0.15) is 85.0 Å². The van der Waals surface area contributed by atoms with Crippen molar-refractivity contribution in [3.63, 3.8) is 0 Å². The van der Waals surface area contributed by atoms with Gasteiger partial charge < -0.3 is 9.64 Å². The number of carbonyl (C=O) groups is 2. The first-order chi connectivity index (χ1) is 13.0. The summed E-state index contributed by atoms with van der Waals surface area (Å²) in [6, 6.07) is -0.426. The van der Waals surface area contributed by atoms with Crippen molar-refractivity contribution in [3.8, 4) is 0 Å². The summed E-state index contributed by atoms with van der Waals surface area (Å²) in [4.78, 5) is 30.8. The summed E-state index contributed by atoms with van der Waals surface area (Å²) in [6.07, 6.45) is 9.98. The Balaban J connectivity index is 1.85. The van der Waals surface area contributed by atoms with Crippen LogP contribution in [0, 0.1) is 11.8 Å². The first-order valence-electron chi connectivity index (χ1n) is 11.3. The highest BCUT2D eigenvalue weighted by molar-refractivity contribution is 5.90. The molecule has 2 amide bonds. The fourth-order valence-electron chi connectivity index (χ4n) is 5.25. The Bertz CT molecular complexity index is 516. The van der Waals surface area contributed by atoms with Crippen LogP contribution < -0.4 is 0 Å². The summed E-state index contributed by atoms with van der Waals surface area (Å²) in [7, 11) is 0. The predicted octanol–water partition coefficient (Wildman–Crippen LogP) is 3.96. The Labute approximate surface area is 164 Å². The molecule has 0 radical (unpaired) electrons. The Morgan fingerprint density at radius 2 is 1.63 bits per heavy atom. The van der Waals surface area contributed by atoms with Gasteiger partial charge in [-0.3, -0.25) is 14.5 Å². The van der Waals surface area contributed by atoms with Crippen LogP contribution in [0.5, 0.6) is 0 Å². The fraction of sp³-hybridized carbons (Fsp3) is 0.909. The molecule has 1 aliphatic heterocycles. The minimum absolute atomic E-state index is 0.0871. The molecule has 5 nitrogen and oxygen atoms in total. The van der Waals surface area contributed by atoms with E-state index in [1.165, 1.54) is 0 Å². The van der Waals surface area contributed by atoms with Gasteiger partial charge in [-0.05, 0) is 57.3 Å². The standard InChI is InChI=1S/C22H38N2O3/c1-4-14-23(15-5-2)21(26)19-16-27-22(12-10-17(3)11-13-22)24(19)20(25)18-8-6-7-9-18/h17-19H,4-16H2,1-3H3/t17?,19-,22?/m0/s1. The first kappa shape index (κ1) is 20.6. The van der Waals surface area contributed by atoms with Crippen molar-refractivity contribution >= 4 is 11.8 Å². The molecule has 1 atom stereocenters. The second kappa shape index (κ2) is 8.93. The second-order valence-corrected chi connectivity index (χ2v) is 8.97. The number of nitrogens with zero attached hydrogens (tertiary/aromatic N) is 2. The molecule has 3 aliphatic rings. The van der Waals surface area contributed by atoms with Gasteiger partial charge in [-0.2, -0.15) is 0 Å². The lowest BCUT2D eigenvalue weighted by molar-refractivity contribution is -0.166. The van der Waals surface area contributed by atoms with E-state index >= 15 is 0 Å². The third kappa shape index (κ3) is 4.18. The van der Waals surface area contributed by atoms with E-state index in [2.05, 4.69) is 20.8 Å². The largest absolute Gasteiger partial charge is 0.353 e. The quantitative estimate of drug-likeness (QED) is 0.703. The van der Waals surface area contributed by atoms with Crippen LogP contribution in [0.25, 0.3) is 0 Å². The summed E-state index contributed by atoms with van der Waals surface area (Å²) in [5.74, 6) is 1.05. The Hall–Kier alpha value is -1.10. The van der Waals surface area contributed by atoms with Crippen molar-refractivity contribution in [2.45, 2.75) is 96.7 Å². The maximum absolute atomic E-state index is 13.5. The normalized spacial score (nSPS) is 31.6. The molecule has 1 spiro atoms. The Kier molecular flexibility index (Phi) is 6.83. The van der Waals surface area contributed by atoms with Gasteiger partial charge in [0.05, 0.1) is 6.61 Å². The smallest absolute Gasteiger partial charge is 0.247 e. The lowest BCUT2D eigenvalue weighted by Gasteiger charge is -2.44. The predicted molar refractivity (Wildman–Crippen MR) is 106 cm³/mol. The van der Waals surface area contributed by atoms with Crippen molar-refractivity contribution in [1.29, 1.82) is 0 Å². The molecule has 0 unspecified atom stereocenters. The number of amides is 2. The van der Waals surface area contributed by atoms with Crippen molar-refractivity contribution < 1.29 is 14.3 Å². The number of ether oxygens (including phenoxy) is 1. The van der Waals surface area contributed by atoms with E-state index in [1.54, 1.807) is 0 Å². The van der Waals surface area contributed by atoms with E-state index in [0.29, 0.717) is 12.5 Å². The van der Waals surface area contributed by atoms with Crippen LogP contribution in [0.4, 0.5) is 0 Å². The SMILES string of the molecule is CCCN(CCC)C(=O)[C@@H]1COC2(CCC(C)CC2)N1C(=O)C1CCCC1. The molecular weight excluding hydrogens is 340 g/mol. The van der Waals surface area contributed by atoms with Gasteiger partial charge in [0.15, 0.2) is 0 Å². The Morgan fingerprint density at radius 1 is 1.04 bits per heavy atom. The van der Waals surface area contributed by atoms with Crippen LogP contribution >= 0.6 is 0 Å². The summed E-state index contributed by atoms with van der Waals surface area (Å²) in [5.41, 5.74) is -0.531. The highest BCUT2D eigenvalue weighted by atomic mass is 16.5. The molecule has 2 saturated carbocycles. The number of hydrogen-bond acceptors (Lipinski definition) is 3. The Morgan fingerprint density at radius 3 is 2.19 bits per heavy atom.